The predicted octanol–water partition coefficient (Wildman–Crippen LogP) is 1.38. The van der Waals surface area contributed by atoms with E-state index in [9.17, 15) is 8.42 Å². The molecule has 0 atom stereocenters. The third-order valence-corrected chi connectivity index (χ3v) is 5.42. The first-order valence-electron chi connectivity index (χ1n) is 7.22. The van der Waals surface area contributed by atoms with Crippen LogP contribution < -0.4 is 5.32 Å². The summed E-state index contributed by atoms with van der Waals surface area (Å²) in [6.45, 7) is 3.59. The summed E-state index contributed by atoms with van der Waals surface area (Å²) in [6, 6.07) is 4.34. The fourth-order valence-electron chi connectivity index (χ4n) is 2.08. The molecule has 0 unspecified atom stereocenters. The Kier molecular flexibility index (Phi) is 5.51. The molecule has 0 bridgehead atoms. The molecule has 1 aliphatic rings. The molecule has 2 rings (SSSR count). The van der Waals surface area contributed by atoms with E-state index in [1.165, 1.54) is 12.8 Å². The predicted molar refractivity (Wildman–Crippen MR) is 79.7 cm³/mol. The lowest BCUT2D eigenvalue weighted by molar-refractivity contribution is 0.422. The first kappa shape index (κ1) is 15.4. The van der Waals surface area contributed by atoms with Gasteiger partial charge in [0.1, 0.15) is 0 Å². The summed E-state index contributed by atoms with van der Waals surface area (Å²) in [5.74, 6) is 0.214. The number of hydrogen-bond donors (Lipinski definition) is 1. The van der Waals surface area contributed by atoms with E-state index in [1.54, 1.807) is 16.7 Å². The summed E-state index contributed by atoms with van der Waals surface area (Å²) < 4.78 is 26.2. The Morgan fingerprint density at radius 3 is 2.65 bits per heavy atom. The second-order valence-corrected chi connectivity index (χ2v) is 7.27. The van der Waals surface area contributed by atoms with E-state index in [4.69, 9.17) is 0 Å². The van der Waals surface area contributed by atoms with Crippen LogP contribution >= 0.6 is 0 Å². The Bertz CT molecular complexity index is 500. The van der Waals surface area contributed by atoms with E-state index in [0.717, 1.165) is 12.1 Å². The molecule has 0 radical (unpaired) electrons. The van der Waals surface area contributed by atoms with Crippen molar-refractivity contribution in [1.29, 1.82) is 0 Å². The largest absolute Gasteiger partial charge is 0.314 e. The first-order chi connectivity index (χ1) is 9.62. The zero-order valence-corrected chi connectivity index (χ0v) is 12.8. The van der Waals surface area contributed by atoms with E-state index in [-0.39, 0.29) is 5.75 Å². The van der Waals surface area contributed by atoms with Crippen LogP contribution in [0.3, 0.4) is 0 Å². The third kappa shape index (κ3) is 4.85. The highest BCUT2D eigenvalue weighted by molar-refractivity contribution is 7.89. The summed E-state index contributed by atoms with van der Waals surface area (Å²) in [4.78, 5) is 3.95. The van der Waals surface area contributed by atoms with Gasteiger partial charge in [-0.05, 0) is 43.5 Å². The van der Waals surface area contributed by atoms with E-state index in [2.05, 4.69) is 10.3 Å². The average Bonchev–Trinajstić information content (AvgIpc) is 3.26. The number of aromatic nitrogens is 1. The van der Waals surface area contributed by atoms with Gasteiger partial charge in [0.25, 0.3) is 0 Å². The van der Waals surface area contributed by atoms with Crippen molar-refractivity contribution < 1.29 is 8.42 Å². The number of pyridine rings is 1. The van der Waals surface area contributed by atoms with Crippen LogP contribution in [0, 0.1) is 0 Å². The van der Waals surface area contributed by atoms with Crippen LogP contribution in [0.1, 0.15) is 31.7 Å². The lowest BCUT2D eigenvalue weighted by Crippen LogP contribution is -2.33. The Morgan fingerprint density at radius 1 is 1.35 bits per heavy atom. The van der Waals surface area contributed by atoms with Gasteiger partial charge in [-0.2, -0.15) is 4.31 Å². The lowest BCUT2D eigenvalue weighted by atomic mass is 10.3. The van der Waals surface area contributed by atoms with E-state index < -0.39 is 10.0 Å². The van der Waals surface area contributed by atoms with Crippen LogP contribution in [0.2, 0.25) is 0 Å². The molecule has 0 amide bonds. The molecule has 1 aromatic heterocycles. The molecule has 1 fully saturated rings. The molecule has 5 nitrogen and oxygen atoms in total. The van der Waals surface area contributed by atoms with Crippen LogP contribution in [0.25, 0.3) is 0 Å². The Labute approximate surface area is 121 Å². The van der Waals surface area contributed by atoms with Crippen molar-refractivity contribution in [2.24, 2.45) is 0 Å². The Hall–Kier alpha value is -0.980. The van der Waals surface area contributed by atoms with Crippen molar-refractivity contribution in [3.63, 3.8) is 0 Å². The van der Waals surface area contributed by atoms with Crippen molar-refractivity contribution in [2.45, 2.75) is 38.8 Å². The standard InChI is InChI=1S/C14H23N3O2S/c1-2-17(12-13-6-9-15-10-7-13)20(18,19)11-3-8-16-14-4-5-14/h6-7,9-10,14,16H,2-5,8,11-12H2,1H3. The van der Waals surface area contributed by atoms with E-state index >= 15 is 0 Å². The number of hydrogen-bond acceptors (Lipinski definition) is 4. The first-order valence-corrected chi connectivity index (χ1v) is 8.83. The SMILES string of the molecule is CCN(Cc1ccncc1)S(=O)(=O)CCCNC1CC1. The highest BCUT2D eigenvalue weighted by atomic mass is 32.2. The molecular weight excluding hydrogens is 274 g/mol. The molecule has 112 valence electrons. The molecule has 1 heterocycles. The molecule has 0 aromatic carbocycles. The number of nitrogens with one attached hydrogen (secondary N) is 1. The van der Waals surface area contributed by atoms with Gasteiger partial charge in [0.2, 0.25) is 10.0 Å². The van der Waals surface area contributed by atoms with Crippen molar-refractivity contribution in [1.82, 2.24) is 14.6 Å². The second kappa shape index (κ2) is 7.15. The molecule has 1 aromatic rings. The molecule has 1 saturated carbocycles. The van der Waals surface area contributed by atoms with Crippen molar-refractivity contribution in [3.05, 3.63) is 30.1 Å². The van der Waals surface area contributed by atoms with Gasteiger partial charge in [-0.3, -0.25) is 4.98 Å². The molecule has 0 spiro atoms. The summed E-state index contributed by atoms with van der Waals surface area (Å²) in [7, 11) is -3.18. The van der Waals surface area contributed by atoms with Crippen LogP contribution in [0.4, 0.5) is 0 Å². The third-order valence-electron chi connectivity index (χ3n) is 3.44. The molecule has 0 aliphatic heterocycles. The summed E-state index contributed by atoms with van der Waals surface area (Å²) in [6.07, 6.45) is 6.52. The van der Waals surface area contributed by atoms with Gasteiger partial charge in [-0.25, -0.2) is 8.42 Å². The highest BCUT2D eigenvalue weighted by Crippen LogP contribution is 2.18. The maximum Gasteiger partial charge on any atom is 0.214 e. The molecule has 1 N–H and O–H groups in total. The topological polar surface area (TPSA) is 62.3 Å². The minimum atomic E-state index is -3.18. The zero-order valence-electron chi connectivity index (χ0n) is 12.0. The van der Waals surface area contributed by atoms with Gasteiger partial charge in [-0.1, -0.05) is 6.92 Å². The van der Waals surface area contributed by atoms with Crippen molar-refractivity contribution in [3.8, 4) is 0 Å². The van der Waals surface area contributed by atoms with Crippen molar-refractivity contribution in [2.75, 3.05) is 18.8 Å². The number of sulfonamides is 1. The van der Waals surface area contributed by atoms with Crippen LogP contribution in [0.15, 0.2) is 24.5 Å². The number of nitrogens with zero attached hydrogens (tertiary/aromatic N) is 2. The van der Waals surface area contributed by atoms with Gasteiger partial charge in [0.05, 0.1) is 5.75 Å². The van der Waals surface area contributed by atoms with Crippen LogP contribution in [-0.2, 0) is 16.6 Å². The van der Waals surface area contributed by atoms with Crippen molar-refractivity contribution >= 4 is 10.0 Å². The highest BCUT2D eigenvalue weighted by Gasteiger charge is 2.22. The minimum absolute atomic E-state index is 0.214. The smallest absolute Gasteiger partial charge is 0.214 e. The fraction of sp³-hybridized carbons (Fsp3) is 0.643. The second-order valence-electron chi connectivity index (χ2n) is 5.18. The van der Waals surface area contributed by atoms with Crippen LogP contribution in [0.5, 0.6) is 0 Å². The van der Waals surface area contributed by atoms with Gasteiger partial charge in [0.15, 0.2) is 0 Å². The Morgan fingerprint density at radius 2 is 2.05 bits per heavy atom. The molecular formula is C14H23N3O2S. The quantitative estimate of drug-likeness (QED) is 0.699. The minimum Gasteiger partial charge on any atom is -0.314 e. The lowest BCUT2D eigenvalue weighted by Gasteiger charge is -2.20. The van der Waals surface area contributed by atoms with Gasteiger partial charge in [0, 0.05) is 31.5 Å². The zero-order chi connectivity index (χ0) is 14.4. The van der Waals surface area contributed by atoms with Gasteiger partial charge >= 0.3 is 0 Å². The van der Waals surface area contributed by atoms with E-state index in [1.807, 2.05) is 19.1 Å². The number of rotatable bonds is 9. The van der Waals surface area contributed by atoms with Gasteiger partial charge in [-0.15, -0.1) is 0 Å². The fourth-order valence-corrected chi connectivity index (χ4v) is 3.58. The monoisotopic (exact) mass is 297 g/mol. The van der Waals surface area contributed by atoms with Gasteiger partial charge < -0.3 is 5.32 Å². The molecule has 6 heteroatoms. The normalized spacial score (nSPS) is 15.7. The molecule has 0 saturated heterocycles. The Balaban J connectivity index is 1.83. The summed E-state index contributed by atoms with van der Waals surface area (Å²) in [5.41, 5.74) is 0.974. The van der Waals surface area contributed by atoms with Crippen LogP contribution in [-0.4, -0.2) is 42.6 Å². The van der Waals surface area contributed by atoms with E-state index in [0.29, 0.717) is 25.6 Å². The average molecular weight is 297 g/mol. The summed E-state index contributed by atoms with van der Waals surface area (Å²) in [5, 5.41) is 3.34. The summed E-state index contributed by atoms with van der Waals surface area (Å²) >= 11 is 0. The molecule has 20 heavy (non-hydrogen) atoms. The maximum absolute atomic E-state index is 12.3. The maximum atomic E-state index is 12.3. The molecule has 1 aliphatic carbocycles.